The molecule has 0 aromatic carbocycles. The third-order valence-electron chi connectivity index (χ3n) is 8.14. The SMILES string of the molecule is BrC12C[C@@H]3CC(C[C@@H](C3)C1)C21C2CCCC1CCC2. The Morgan fingerprint density at radius 2 is 1.21 bits per heavy atom. The van der Waals surface area contributed by atoms with Gasteiger partial charge < -0.3 is 0 Å². The molecule has 106 valence electrons. The highest BCUT2D eigenvalue weighted by Crippen LogP contribution is 2.76. The number of halogens is 1. The first kappa shape index (κ1) is 12.1. The Labute approximate surface area is 126 Å². The van der Waals surface area contributed by atoms with Gasteiger partial charge >= 0.3 is 0 Å². The lowest BCUT2D eigenvalue weighted by Crippen LogP contribution is -2.68. The van der Waals surface area contributed by atoms with Gasteiger partial charge in [0.15, 0.2) is 0 Å². The first-order valence-electron chi connectivity index (χ1n) is 8.91. The Hall–Kier alpha value is 0.480. The molecule has 0 radical (unpaired) electrons. The van der Waals surface area contributed by atoms with E-state index in [4.69, 9.17) is 0 Å². The molecule has 6 fully saturated rings. The van der Waals surface area contributed by atoms with Crippen molar-refractivity contribution in [3.05, 3.63) is 0 Å². The van der Waals surface area contributed by atoms with E-state index >= 15 is 0 Å². The third kappa shape index (κ3) is 1.33. The second kappa shape index (κ2) is 3.81. The lowest BCUT2D eigenvalue weighted by molar-refractivity contribution is -0.183. The number of hydrogen-bond acceptors (Lipinski definition) is 0. The molecule has 0 aromatic rings. The fourth-order valence-electron chi connectivity index (χ4n) is 8.20. The van der Waals surface area contributed by atoms with Gasteiger partial charge in [0.2, 0.25) is 0 Å². The molecule has 6 rings (SSSR count). The van der Waals surface area contributed by atoms with Crippen molar-refractivity contribution in [2.24, 2.45) is 35.0 Å². The Morgan fingerprint density at radius 1 is 0.684 bits per heavy atom. The largest absolute Gasteiger partial charge is 0.0847 e. The van der Waals surface area contributed by atoms with Crippen molar-refractivity contribution < 1.29 is 0 Å². The second-order valence-corrected chi connectivity index (χ2v) is 10.2. The Kier molecular flexibility index (Phi) is 2.42. The molecule has 6 saturated carbocycles. The topological polar surface area (TPSA) is 0 Å². The minimum atomic E-state index is 0.574. The van der Waals surface area contributed by atoms with Gasteiger partial charge in [-0.2, -0.15) is 0 Å². The van der Waals surface area contributed by atoms with Crippen molar-refractivity contribution in [2.75, 3.05) is 0 Å². The summed E-state index contributed by atoms with van der Waals surface area (Å²) in [5, 5.41) is 0. The quantitative estimate of drug-likeness (QED) is 0.513. The Morgan fingerprint density at radius 3 is 1.68 bits per heavy atom. The van der Waals surface area contributed by atoms with Crippen LogP contribution in [-0.2, 0) is 0 Å². The maximum absolute atomic E-state index is 4.43. The van der Waals surface area contributed by atoms with Crippen molar-refractivity contribution >= 4 is 15.9 Å². The van der Waals surface area contributed by atoms with Gasteiger partial charge in [0.1, 0.15) is 0 Å². The predicted molar refractivity (Wildman–Crippen MR) is 82.3 cm³/mol. The van der Waals surface area contributed by atoms with Gasteiger partial charge in [0.05, 0.1) is 0 Å². The molecule has 0 nitrogen and oxygen atoms in total. The molecule has 0 amide bonds. The van der Waals surface area contributed by atoms with Crippen molar-refractivity contribution in [3.8, 4) is 0 Å². The van der Waals surface area contributed by atoms with Crippen molar-refractivity contribution in [2.45, 2.75) is 75.0 Å². The molecule has 0 saturated heterocycles. The van der Waals surface area contributed by atoms with Crippen molar-refractivity contribution in [3.63, 3.8) is 0 Å². The Balaban J connectivity index is 1.66. The van der Waals surface area contributed by atoms with Crippen LogP contribution in [0.1, 0.15) is 70.6 Å². The lowest BCUT2D eigenvalue weighted by Gasteiger charge is -2.73. The first-order chi connectivity index (χ1) is 9.22. The molecule has 1 heteroatoms. The van der Waals surface area contributed by atoms with E-state index < -0.39 is 0 Å². The van der Waals surface area contributed by atoms with Gasteiger partial charge in [0, 0.05) is 4.32 Å². The van der Waals surface area contributed by atoms with Gasteiger partial charge in [-0.05, 0) is 92.8 Å². The van der Waals surface area contributed by atoms with E-state index in [9.17, 15) is 0 Å². The van der Waals surface area contributed by atoms with E-state index in [1.807, 2.05) is 0 Å². The molecular formula is C18H27Br. The summed E-state index contributed by atoms with van der Waals surface area (Å²) in [6.45, 7) is 0. The normalized spacial score (nSPS) is 62.7. The molecule has 2 unspecified atom stereocenters. The fourth-order valence-corrected chi connectivity index (χ4v) is 10.1. The van der Waals surface area contributed by atoms with Gasteiger partial charge in [-0.1, -0.05) is 28.8 Å². The zero-order valence-electron chi connectivity index (χ0n) is 12.0. The standard InChI is InChI=1S/C18H27Br/c19-17-10-12-7-13(11-17)9-16(8-12)18(17)14-3-1-4-15(18)6-2-5-14/h12-16H,1-11H2/t12-,13+,14?,15?,16?,17?,18?. The van der Waals surface area contributed by atoms with E-state index in [0.717, 1.165) is 35.0 Å². The predicted octanol–water partition coefficient (Wildman–Crippen LogP) is 5.55. The number of hydrogen-bond donors (Lipinski definition) is 0. The lowest BCUT2D eigenvalue weighted by atomic mass is 9.35. The summed E-state index contributed by atoms with van der Waals surface area (Å²) < 4.78 is 0.574. The summed E-state index contributed by atoms with van der Waals surface area (Å²) in [5.74, 6) is 5.46. The van der Waals surface area contributed by atoms with Crippen molar-refractivity contribution in [1.82, 2.24) is 0 Å². The van der Waals surface area contributed by atoms with E-state index in [1.165, 1.54) is 12.8 Å². The van der Waals surface area contributed by atoms with E-state index in [-0.39, 0.29) is 0 Å². The Bertz CT molecular complexity index is 364. The molecule has 4 atom stereocenters. The molecule has 6 aliphatic rings. The van der Waals surface area contributed by atoms with Crippen LogP contribution in [0.3, 0.4) is 0 Å². The van der Waals surface area contributed by atoms with Gasteiger partial charge in [-0.25, -0.2) is 0 Å². The van der Waals surface area contributed by atoms with E-state index in [2.05, 4.69) is 15.9 Å². The number of alkyl halides is 1. The third-order valence-corrected chi connectivity index (χ3v) is 9.47. The van der Waals surface area contributed by atoms with Gasteiger partial charge in [-0.15, -0.1) is 0 Å². The summed E-state index contributed by atoms with van der Waals surface area (Å²) in [7, 11) is 0. The number of rotatable bonds is 0. The maximum atomic E-state index is 4.43. The highest BCUT2D eigenvalue weighted by atomic mass is 79.9. The zero-order valence-corrected chi connectivity index (χ0v) is 13.6. The zero-order chi connectivity index (χ0) is 12.7. The smallest absolute Gasteiger partial charge is 0.0327 e. The highest BCUT2D eigenvalue weighted by molar-refractivity contribution is 9.10. The van der Waals surface area contributed by atoms with Crippen LogP contribution in [0.15, 0.2) is 0 Å². The fraction of sp³-hybridized carbons (Fsp3) is 1.00. The minimum absolute atomic E-state index is 0.574. The highest BCUT2D eigenvalue weighted by Gasteiger charge is 2.69. The molecule has 0 heterocycles. The minimum Gasteiger partial charge on any atom is -0.0847 e. The van der Waals surface area contributed by atoms with Crippen LogP contribution in [0.25, 0.3) is 0 Å². The molecule has 6 bridgehead atoms. The molecule has 1 spiro atoms. The molecule has 0 aromatic heterocycles. The first-order valence-corrected chi connectivity index (χ1v) is 9.70. The molecule has 6 aliphatic carbocycles. The van der Waals surface area contributed by atoms with E-state index in [0.29, 0.717) is 4.32 Å². The summed E-state index contributed by atoms with van der Waals surface area (Å²) in [6.07, 6.45) is 17.2. The molecular weight excluding hydrogens is 296 g/mol. The van der Waals surface area contributed by atoms with Crippen LogP contribution in [-0.4, -0.2) is 4.32 Å². The monoisotopic (exact) mass is 322 g/mol. The molecule has 0 N–H and O–H groups in total. The van der Waals surface area contributed by atoms with Gasteiger partial charge in [-0.3, -0.25) is 0 Å². The van der Waals surface area contributed by atoms with Crippen LogP contribution in [0.5, 0.6) is 0 Å². The van der Waals surface area contributed by atoms with E-state index in [1.54, 1.807) is 57.8 Å². The van der Waals surface area contributed by atoms with Crippen LogP contribution in [0.4, 0.5) is 0 Å². The summed E-state index contributed by atoms with van der Waals surface area (Å²) >= 11 is 4.43. The second-order valence-electron chi connectivity index (χ2n) is 8.70. The average Bonchev–Trinajstić information content (AvgIpc) is 2.34. The molecule has 0 aliphatic heterocycles. The molecule has 19 heavy (non-hydrogen) atoms. The van der Waals surface area contributed by atoms with Crippen LogP contribution >= 0.6 is 15.9 Å². The van der Waals surface area contributed by atoms with Crippen molar-refractivity contribution in [1.29, 1.82) is 0 Å². The average molecular weight is 323 g/mol. The van der Waals surface area contributed by atoms with Crippen LogP contribution in [0.2, 0.25) is 0 Å². The maximum Gasteiger partial charge on any atom is 0.0327 e. The summed E-state index contributed by atoms with van der Waals surface area (Å²) in [6, 6.07) is 0. The summed E-state index contributed by atoms with van der Waals surface area (Å²) in [4.78, 5) is 0. The van der Waals surface area contributed by atoms with Gasteiger partial charge in [0.25, 0.3) is 0 Å². The van der Waals surface area contributed by atoms with Crippen LogP contribution < -0.4 is 0 Å². The summed E-state index contributed by atoms with van der Waals surface area (Å²) in [5.41, 5.74) is 0.747. The van der Waals surface area contributed by atoms with Crippen LogP contribution in [0, 0.1) is 35.0 Å².